The van der Waals surface area contributed by atoms with Crippen LogP contribution in [0.25, 0.3) is 0 Å². The Kier molecular flexibility index (Phi) is 3.90. The normalized spacial score (nSPS) is 25.7. The molecule has 1 aliphatic heterocycles. The van der Waals surface area contributed by atoms with Gasteiger partial charge in [-0.3, -0.25) is 9.59 Å². The number of hydrogen-bond acceptors (Lipinski definition) is 3. The lowest BCUT2D eigenvalue weighted by Gasteiger charge is -2.54. The zero-order chi connectivity index (χ0) is 13.2. The van der Waals surface area contributed by atoms with E-state index in [1.54, 1.807) is 6.92 Å². The molecule has 18 heavy (non-hydrogen) atoms. The average Bonchev–Trinajstić information content (AvgIpc) is 2.35. The first-order valence-corrected chi connectivity index (χ1v) is 6.61. The monoisotopic (exact) mass is 254 g/mol. The van der Waals surface area contributed by atoms with Gasteiger partial charge in [0.1, 0.15) is 6.61 Å². The molecule has 0 aromatic carbocycles. The lowest BCUT2D eigenvalue weighted by Crippen LogP contribution is -2.59. The van der Waals surface area contributed by atoms with Crippen LogP contribution < -0.4 is 5.32 Å². The smallest absolute Gasteiger partial charge is 0.246 e. The van der Waals surface area contributed by atoms with Crippen molar-refractivity contribution in [1.82, 2.24) is 10.2 Å². The summed E-state index contributed by atoms with van der Waals surface area (Å²) < 4.78 is 4.83. The summed E-state index contributed by atoms with van der Waals surface area (Å²) in [6.45, 7) is 3.40. The summed E-state index contributed by atoms with van der Waals surface area (Å²) in [6.07, 6.45) is 4.22. The molecular formula is C13H22N2O3. The first-order chi connectivity index (χ1) is 8.57. The predicted octanol–water partition coefficient (Wildman–Crippen LogP) is 0.540. The van der Waals surface area contributed by atoms with E-state index in [9.17, 15) is 9.59 Å². The minimum Gasteiger partial charge on any atom is -0.375 e. The van der Waals surface area contributed by atoms with Crippen molar-refractivity contribution in [2.45, 2.75) is 38.6 Å². The van der Waals surface area contributed by atoms with E-state index in [1.807, 2.05) is 4.90 Å². The van der Waals surface area contributed by atoms with Crippen LogP contribution >= 0.6 is 0 Å². The van der Waals surface area contributed by atoms with E-state index in [4.69, 9.17) is 4.74 Å². The highest BCUT2D eigenvalue weighted by atomic mass is 16.5. The van der Waals surface area contributed by atoms with Gasteiger partial charge < -0.3 is 15.0 Å². The molecule has 0 radical (unpaired) electrons. The van der Waals surface area contributed by atoms with Crippen molar-refractivity contribution in [1.29, 1.82) is 0 Å². The van der Waals surface area contributed by atoms with Crippen molar-refractivity contribution in [3.8, 4) is 0 Å². The van der Waals surface area contributed by atoms with Gasteiger partial charge in [0.25, 0.3) is 0 Å². The topological polar surface area (TPSA) is 58.6 Å². The summed E-state index contributed by atoms with van der Waals surface area (Å²) in [7, 11) is 1.53. The van der Waals surface area contributed by atoms with E-state index < -0.39 is 0 Å². The van der Waals surface area contributed by atoms with Crippen molar-refractivity contribution in [2.75, 3.05) is 26.8 Å². The molecule has 102 valence electrons. The highest BCUT2D eigenvalue weighted by Crippen LogP contribution is 2.49. The standard InChI is InChI=1S/C13H22N2O3/c1-10(16)15-7-5-13(6-8-15)4-3-11(13)14-12(17)9-18-2/h11H,3-9H2,1-2H3,(H,14,17). The van der Waals surface area contributed by atoms with E-state index in [2.05, 4.69) is 5.32 Å². The van der Waals surface area contributed by atoms with E-state index in [0.717, 1.165) is 38.8 Å². The molecule has 2 aliphatic rings. The highest BCUT2D eigenvalue weighted by Gasteiger charge is 2.48. The molecule has 2 rings (SSSR count). The van der Waals surface area contributed by atoms with Gasteiger partial charge in [-0.2, -0.15) is 0 Å². The third-order valence-corrected chi connectivity index (χ3v) is 4.49. The molecule has 5 nitrogen and oxygen atoms in total. The Labute approximate surface area is 108 Å². The SMILES string of the molecule is COCC(=O)NC1CCC12CCN(C(C)=O)CC2. The molecule has 1 saturated heterocycles. The fourth-order valence-corrected chi connectivity index (χ4v) is 3.15. The van der Waals surface area contributed by atoms with Crippen LogP contribution in [0.1, 0.15) is 32.6 Å². The first-order valence-electron chi connectivity index (χ1n) is 6.61. The summed E-state index contributed by atoms with van der Waals surface area (Å²) in [6, 6.07) is 0.272. The largest absolute Gasteiger partial charge is 0.375 e. The summed E-state index contributed by atoms with van der Waals surface area (Å²) in [5.41, 5.74) is 0.231. The van der Waals surface area contributed by atoms with Crippen LogP contribution in [0.2, 0.25) is 0 Å². The molecule has 1 aliphatic carbocycles. The second-order valence-corrected chi connectivity index (χ2v) is 5.46. The predicted molar refractivity (Wildman–Crippen MR) is 67.0 cm³/mol. The third-order valence-electron chi connectivity index (χ3n) is 4.49. The minimum atomic E-state index is -0.0319. The van der Waals surface area contributed by atoms with Gasteiger partial charge in [-0.05, 0) is 31.1 Å². The number of nitrogens with zero attached hydrogens (tertiary/aromatic N) is 1. The summed E-state index contributed by atoms with van der Waals surface area (Å²) in [5.74, 6) is 0.125. The molecule has 1 heterocycles. The Morgan fingerprint density at radius 3 is 2.44 bits per heavy atom. The van der Waals surface area contributed by atoms with Crippen LogP contribution in [0.15, 0.2) is 0 Å². The number of likely N-dealkylation sites (tertiary alicyclic amines) is 1. The number of piperidine rings is 1. The lowest BCUT2D eigenvalue weighted by atomic mass is 9.59. The maximum atomic E-state index is 11.5. The zero-order valence-electron chi connectivity index (χ0n) is 11.2. The number of hydrogen-bond donors (Lipinski definition) is 1. The van der Waals surface area contributed by atoms with E-state index >= 15 is 0 Å². The van der Waals surface area contributed by atoms with E-state index in [-0.39, 0.29) is 29.9 Å². The van der Waals surface area contributed by atoms with Crippen LogP contribution in [0.5, 0.6) is 0 Å². The average molecular weight is 254 g/mol. The lowest BCUT2D eigenvalue weighted by molar-refractivity contribution is -0.136. The first kappa shape index (κ1) is 13.3. The molecule has 1 N–H and O–H groups in total. The number of ether oxygens (including phenoxy) is 1. The Hall–Kier alpha value is -1.10. The van der Waals surface area contributed by atoms with Gasteiger partial charge in [-0.25, -0.2) is 0 Å². The number of nitrogens with one attached hydrogen (secondary N) is 1. The molecule has 2 fully saturated rings. The van der Waals surface area contributed by atoms with Gasteiger partial charge in [0.2, 0.25) is 11.8 Å². The minimum absolute atomic E-state index is 0.0319. The second-order valence-electron chi connectivity index (χ2n) is 5.46. The van der Waals surface area contributed by atoms with Gasteiger partial charge in [0.05, 0.1) is 0 Å². The van der Waals surface area contributed by atoms with Gasteiger partial charge in [0.15, 0.2) is 0 Å². The summed E-state index contributed by atoms with van der Waals surface area (Å²) in [5, 5.41) is 3.05. The zero-order valence-corrected chi connectivity index (χ0v) is 11.2. The quantitative estimate of drug-likeness (QED) is 0.799. The Balaban J connectivity index is 1.86. The number of amides is 2. The fraction of sp³-hybridized carbons (Fsp3) is 0.846. The van der Waals surface area contributed by atoms with Crippen LogP contribution in [0.3, 0.4) is 0 Å². The Morgan fingerprint density at radius 1 is 1.33 bits per heavy atom. The molecule has 0 aromatic heterocycles. The molecule has 5 heteroatoms. The van der Waals surface area contributed by atoms with Crippen molar-refractivity contribution >= 4 is 11.8 Å². The van der Waals surface area contributed by atoms with Gasteiger partial charge in [0, 0.05) is 33.2 Å². The third kappa shape index (κ3) is 2.51. The van der Waals surface area contributed by atoms with Gasteiger partial charge in [-0.15, -0.1) is 0 Å². The van der Waals surface area contributed by atoms with Gasteiger partial charge >= 0.3 is 0 Å². The number of carbonyl (C=O) groups excluding carboxylic acids is 2. The number of rotatable bonds is 3. The summed E-state index contributed by atoms with van der Waals surface area (Å²) >= 11 is 0. The molecule has 1 unspecified atom stereocenters. The Bertz CT molecular complexity index is 335. The van der Waals surface area contributed by atoms with Crippen LogP contribution in [0.4, 0.5) is 0 Å². The van der Waals surface area contributed by atoms with Crippen molar-refractivity contribution in [2.24, 2.45) is 5.41 Å². The van der Waals surface area contributed by atoms with Crippen molar-refractivity contribution < 1.29 is 14.3 Å². The molecule has 0 aromatic rings. The van der Waals surface area contributed by atoms with Crippen LogP contribution in [-0.4, -0.2) is 49.6 Å². The van der Waals surface area contributed by atoms with Crippen LogP contribution in [0, 0.1) is 5.41 Å². The fourth-order valence-electron chi connectivity index (χ4n) is 3.15. The van der Waals surface area contributed by atoms with Crippen molar-refractivity contribution in [3.63, 3.8) is 0 Å². The maximum absolute atomic E-state index is 11.5. The highest BCUT2D eigenvalue weighted by molar-refractivity contribution is 5.77. The number of methoxy groups -OCH3 is 1. The number of carbonyl (C=O) groups is 2. The molecule has 2 amide bonds. The maximum Gasteiger partial charge on any atom is 0.246 e. The second kappa shape index (κ2) is 5.26. The molecular weight excluding hydrogens is 232 g/mol. The Morgan fingerprint density at radius 2 is 2.00 bits per heavy atom. The molecule has 1 atom stereocenters. The van der Waals surface area contributed by atoms with Crippen LogP contribution in [-0.2, 0) is 14.3 Å². The van der Waals surface area contributed by atoms with Gasteiger partial charge in [-0.1, -0.05) is 0 Å². The van der Waals surface area contributed by atoms with Crippen molar-refractivity contribution in [3.05, 3.63) is 0 Å². The molecule has 1 saturated carbocycles. The van der Waals surface area contributed by atoms with E-state index in [1.165, 1.54) is 7.11 Å². The van der Waals surface area contributed by atoms with E-state index in [0.29, 0.717) is 0 Å². The molecule has 1 spiro atoms. The summed E-state index contributed by atoms with van der Waals surface area (Å²) in [4.78, 5) is 24.7. The molecule has 0 bridgehead atoms.